The third kappa shape index (κ3) is 3.47. The third-order valence-corrected chi connectivity index (χ3v) is 4.86. The highest BCUT2D eigenvalue weighted by Gasteiger charge is 2.26. The predicted octanol–water partition coefficient (Wildman–Crippen LogP) is 2.80. The lowest BCUT2D eigenvalue weighted by Crippen LogP contribution is -2.39. The van der Waals surface area contributed by atoms with Gasteiger partial charge in [0.05, 0.1) is 6.42 Å². The van der Waals surface area contributed by atoms with Gasteiger partial charge in [0.15, 0.2) is 0 Å². The highest BCUT2D eigenvalue weighted by atomic mass is 32.1. The Kier molecular flexibility index (Phi) is 4.29. The Morgan fingerprint density at radius 2 is 2.14 bits per heavy atom. The summed E-state index contributed by atoms with van der Waals surface area (Å²) < 4.78 is 0. The van der Waals surface area contributed by atoms with Gasteiger partial charge in [0.2, 0.25) is 5.91 Å². The molecule has 1 aliphatic heterocycles. The van der Waals surface area contributed by atoms with Gasteiger partial charge in [-0.2, -0.15) is 0 Å². The van der Waals surface area contributed by atoms with Crippen LogP contribution in [0.15, 0.2) is 30.3 Å². The van der Waals surface area contributed by atoms with Crippen molar-refractivity contribution in [3.8, 4) is 0 Å². The highest BCUT2D eigenvalue weighted by molar-refractivity contribution is 7.11. The summed E-state index contributed by atoms with van der Waals surface area (Å²) in [6.07, 6.45) is 2.64. The van der Waals surface area contributed by atoms with Crippen LogP contribution in [0, 0.1) is 6.92 Å². The molecule has 0 radical (unpaired) electrons. The van der Waals surface area contributed by atoms with Crippen LogP contribution in [0.2, 0.25) is 0 Å². The van der Waals surface area contributed by atoms with Crippen molar-refractivity contribution >= 4 is 17.2 Å². The van der Waals surface area contributed by atoms with Crippen LogP contribution >= 0.6 is 11.3 Å². The van der Waals surface area contributed by atoms with E-state index in [-0.39, 0.29) is 5.91 Å². The van der Waals surface area contributed by atoms with Gasteiger partial charge in [0.1, 0.15) is 10.0 Å². The van der Waals surface area contributed by atoms with Gasteiger partial charge in [0, 0.05) is 19.0 Å². The van der Waals surface area contributed by atoms with Gasteiger partial charge in [-0.1, -0.05) is 30.3 Å². The standard InChI is InChI=1S/C16H19N3OS/c1-12-17-18-16(21-12)14-8-5-9-19(11-14)15(20)10-13-6-3-2-4-7-13/h2-4,6-7,14H,5,8-11H2,1H3. The number of carbonyl (C=O) groups is 1. The molecule has 1 aromatic heterocycles. The maximum atomic E-state index is 12.4. The van der Waals surface area contributed by atoms with Gasteiger partial charge in [-0.15, -0.1) is 21.5 Å². The number of amides is 1. The molecule has 0 aliphatic carbocycles. The molecule has 1 saturated heterocycles. The van der Waals surface area contributed by atoms with Gasteiger partial charge in [-0.05, 0) is 25.3 Å². The molecule has 0 bridgehead atoms. The van der Waals surface area contributed by atoms with Crippen LogP contribution in [0.5, 0.6) is 0 Å². The molecule has 0 spiro atoms. The predicted molar refractivity (Wildman–Crippen MR) is 83.3 cm³/mol. The zero-order chi connectivity index (χ0) is 14.7. The molecule has 1 amide bonds. The summed E-state index contributed by atoms with van der Waals surface area (Å²) in [5.74, 6) is 0.566. The first-order valence-electron chi connectivity index (χ1n) is 7.34. The smallest absolute Gasteiger partial charge is 0.227 e. The van der Waals surface area contributed by atoms with Crippen molar-refractivity contribution in [3.63, 3.8) is 0 Å². The zero-order valence-electron chi connectivity index (χ0n) is 12.2. The minimum absolute atomic E-state index is 0.215. The van der Waals surface area contributed by atoms with Crippen molar-refractivity contribution in [1.29, 1.82) is 0 Å². The molecule has 0 saturated carbocycles. The number of hydrogen-bond acceptors (Lipinski definition) is 4. The topological polar surface area (TPSA) is 46.1 Å². The monoisotopic (exact) mass is 301 g/mol. The summed E-state index contributed by atoms with van der Waals surface area (Å²) in [5.41, 5.74) is 1.08. The Labute approximate surface area is 128 Å². The molecule has 110 valence electrons. The van der Waals surface area contributed by atoms with E-state index in [0.717, 1.165) is 41.5 Å². The second kappa shape index (κ2) is 6.35. The molecule has 1 fully saturated rings. The van der Waals surface area contributed by atoms with Crippen LogP contribution in [0.1, 0.15) is 34.3 Å². The van der Waals surface area contributed by atoms with Crippen molar-refractivity contribution in [2.45, 2.75) is 32.1 Å². The average Bonchev–Trinajstić information content (AvgIpc) is 2.95. The van der Waals surface area contributed by atoms with E-state index in [9.17, 15) is 4.79 Å². The van der Waals surface area contributed by atoms with Crippen molar-refractivity contribution in [2.24, 2.45) is 0 Å². The first kappa shape index (κ1) is 14.2. The Balaban J connectivity index is 1.64. The lowest BCUT2D eigenvalue weighted by Gasteiger charge is -2.31. The minimum atomic E-state index is 0.215. The molecule has 1 aromatic carbocycles. The fraction of sp³-hybridized carbons (Fsp3) is 0.438. The van der Waals surface area contributed by atoms with E-state index in [1.165, 1.54) is 0 Å². The molecule has 1 aliphatic rings. The highest BCUT2D eigenvalue weighted by Crippen LogP contribution is 2.29. The second-order valence-corrected chi connectivity index (χ2v) is 6.71. The van der Waals surface area contributed by atoms with E-state index in [2.05, 4.69) is 10.2 Å². The fourth-order valence-corrected chi connectivity index (χ4v) is 3.59. The zero-order valence-corrected chi connectivity index (χ0v) is 13.0. The molecule has 5 heteroatoms. The summed E-state index contributed by atoms with van der Waals surface area (Å²) in [6, 6.07) is 9.95. The van der Waals surface area contributed by atoms with Crippen molar-refractivity contribution in [1.82, 2.24) is 15.1 Å². The largest absolute Gasteiger partial charge is 0.342 e. The normalized spacial score (nSPS) is 18.7. The molecular weight excluding hydrogens is 282 g/mol. The van der Waals surface area contributed by atoms with Crippen LogP contribution in [0.25, 0.3) is 0 Å². The maximum absolute atomic E-state index is 12.4. The lowest BCUT2D eigenvalue weighted by molar-refractivity contribution is -0.131. The number of piperidine rings is 1. The molecule has 3 rings (SSSR count). The quantitative estimate of drug-likeness (QED) is 0.876. The first-order chi connectivity index (χ1) is 10.2. The average molecular weight is 301 g/mol. The minimum Gasteiger partial charge on any atom is -0.342 e. The number of nitrogens with zero attached hydrogens (tertiary/aromatic N) is 3. The number of carbonyl (C=O) groups excluding carboxylic acids is 1. The van der Waals surface area contributed by atoms with E-state index in [1.807, 2.05) is 42.2 Å². The van der Waals surface area contributed by atoms with E-state index >= 15 is 0 Å². The molecule has 2 heterocycles. The van der Waals surface area contributed by atoms with Gasteiger partial charge in [-0.3, -0.25) is 4.79 Å². The van der Waals surface area contributed by atoms with Crippen molar-refractivity contribution in [3.05, 3.63) is 45.9 Å². The summed E-state index contributed by atoms with van der Waals surface area (Å²) in [4.78, 5) is 14.4. The van der Waals surface area contributed by atoms with E-state index in [0.29, 0.717) is 12.3 Å². The Bertz CT molecular complexity index is 611. The summed E-state index contributed by atoms with van der Waals surface area (Å²) in [7, 11) is 0. The molecule has 1 unspecified atom stereocenters. The van der Waals surface area contributed by atoms with Gasteiger partial charge >= 0.3 is 0 Å². The lowest BCUT2D eigenvalue weighted by atomic mass is 9.98. The number of hydrogen-bond donors (Lipinski definition) is 0. The fourth-order valence-electron chi connectivity index (χ4n) is 2.76. The van der Waals surface area contributed by atoms with Gasteiger partial charge < -0.3 is 4.90 Å². The van der Waals surface area contributed by atoms with Crippen LogP contribution in [-0.2, 0) is 11.2 Å². The van der Waals surface area contributed by atoms with Crippen LogP contribution in [0.4, 0.5) is 0 Å². The van der Waals surface area contributed by atoms with E-state index < -0.39 is 0 Å². The van der Waals surface area contributed by atoms with Crippen LogP contribution < -0.4 is 0 Å². The molecule has 21 heavy (non-hydrogen) atoms. The van der Waals surface area contributed by atoms with Gasteiger partial charge in [-0.25, -0.2) is 0 Å². The first-order valence-corrected chi connectivity index (χ1v) is 8.16. The molecule has 1 atom stereocenters. The number of likely N-dealkylation sites (tertiary alicyclic amines) is 1. The molecule has 0 N–H and O–H groups in total. The Hall–Kier alpha value is -1.75. The summed E-state index contributed by atoms with van der Waals surface area (Å²) in [6.45, 7) is 3.61. The van der Waals surface area contributed by atoms with E-state index in [1.54, 1.807) is 11.3 Å². The number of benzene rings is 1. The van der Waals surface area contributed by atoms with Crippen LogP contribution in [-0.4, -0.2) is 34.1 Å². The van der Waals surface area contributed by atoms with E-state index in [4.69, 9.17) is 0 Å². The van der Waals surface area contributed by atoms with Crippen LogP contribution in [0.3, 0.4) is 0 Å². The van der Waals surface area contributed by atoms with Crippen molar-refractivity contribution in [2.75, 3.05) is 13.1 Å². The Morgan fingerprint density at radius 3 is 2.86 bits per heavy atom. The maximum Gasteiger partial charge on any atom is 0.227 e. The third-order valence-electron chi connectivity index (χ3n) is 3.86. The number of rotatable bonds is 3. The number of aromatic nitrogens is 2. The van der Waals surface area contributed by atoms with Gasteiger partial charge in [0.25, 0.3) is 0 Å². The molecule has 4 nitrogen and oxygen atoms in total. The SMILES string of the molecule is Cc1nnc(C2CCCN(C(=O)Cc3ccccc3)C2)s1. The molecular formula is C16H19N3OS. The van der Waals surface area contributed by atoms with Crippen molar-refractivity contribution < 1.29 is 4.79 Å². The second-order valence-electron chi connectivity index (χ2n) is 5.50. The molecule has 2 aromatic rings. The summed E-state index contributed by atoms with van der Waals surface area (Å²) in [5, 5.41) is 10.4. The summed E-state index contributed by atoms with van der Waals surface area (Å²) >= 11 is 1.65. The Morgan fingerprint density at radius 1 is 1.33 bits per heavy atom. The number of aryl methyl sites for hydroxylation is 1.